The molecule has 3 atom stereocenters. The number of pyridine rings is 2. The van der Waals surface area contributed by atoms with Crippen molar-refractivity contribution in [3.8, 4) is 0 Å². The van der Waals surface area contributed by atoms with Crippen molar-refractivity contribution < 1.29 is 86.4 Å². The van der Waals surface area contributed by atoms with Gasteiger partial charge in [0, 0.05) is 39.3 Å². The Morgan fingerprint density at radius 3 is 1.15 bits per heavy atom. The fourth-order valence-electron chi connectivity index (χ4n) is 8.21. The Balaban J connectivity index is 0.000000323. The third-order valence-corrected chi connectivity index (χ3v) is 12.0. The fraction of sp³-hybridized carbons (Fsp3) is 0.510. The van der Waals surface area contributed by atoms with Crippen molar-refractivity contribution in [2.75, 3.05) is 111 Å². The van der Waals surface area contributed by atoms with Crippen molar-refractivity contribution in [1.82, 2.24) is 50.0 Å². The molecular weight excluding hydrogens is 1060 g/mol. The first-order chi connectivity index (χ1) is 37.8. The van der Waals surface area contributed by atoms with E-state index in [4.69, 9.17) is 22.3 Å². The van der Waals surface area contributed by atoms with Gasteiger partial charge in [0.25, 0.3) is 0 Å². The number of nitrogens with zero attached hydrogens (tertiary/aromatic N) is 8. The van der Waals surface area contributed by atoms with Crippen LogP contribution in [0.3, 0.4) is 0 Å². The first-order valence-electron chi connectivity index (χ1n) is 24.6. The largest absolute Gasteiger partial charge is 0.480 e. The zero-order valence-corrected chi connectivity index (χ0v) is 44.9. The molecule has 31 heteroatoms. The van der Waals surface area contributed by atoms with Gasteiger partial charge in [0.05, 0.1) is 97.5 Å². The molecule has 0 spiro atoms. The molecule has 9 N–H and O–H groups in total. The van der Waals surface area contributed by atoms with Crippen LogP contribution >= 0.6 is 0 Å². The van der Waals surface area contributed by atoms with E-state index >= 15 is 0 Å². The van der Waals surface area contributed by atoms with Crippen LogP contribution in [0, 0.1) is 0 Å². The number of methoxy groups -OCH3 is 3. The minimum atomic E-state index is -1.21. The minimum Gasteiger partial charge on any atom is -0.480 e. The van der Waals surface area contributed by atoms with Crippen molar-refractivity contribution in [3.63, 3.8) is 0 Å². The fourth-order valence-corrected chi connectivity index (χ4v) is 8.21. The number of amides is 8. The van der Waals surface area contributed by atoms with Crippen LogP contribution in [0.1, 0.15) is 44.5 Å². The number of carbonyl (C=O) groups excluding carboxylic acids is 13. The van der Waals surface area contributed by atoms with E-state index in [-0.39, 0.29) is 114 Å². The molecular formula is C49H67N13O18. The van der Waals surface area contributed by atoms with Crippen LogP contribution in [0.5, 0.6) is 0 Å². The van der Waals surface area contributed by atoms with Crippen molar-refractivity contribution in [2.45, 2.75) is 64.1 Å². The van der Waals surface area contributed by atoms with Gasteiger partial charge in [0.1, 0.15) is 47.9 Å². The van der Waals surface area contributed by atoms with Crippen LogP contribution in [-0.2, 0) is 94.2 Å². The van der Waals surface area contributed by atoms with Gasteiger partial charge >= 0.3 is 23.9 Å². The van der Waals surface area contributed by atoms with E-state index in [0.29, 0.717) is 11.4 Å². The van der Waals surface area contributed by atoms with Crippen LogP contribution in [0.2, 0.25) is 0 Å². The number of piperazine rings is 3. The maximum atomic E-state index is 12.7. The topological polar surface area (TPSA) is 434 Å². The van der Waals surface area contributed by atoms with Gasteiger partial charge in [0.2, 0.25) is 47.3 Å². The molecule has 2 aromatic heterocycles. The Morgan fingerprint density at radius 2 is 0.863 bits per heavy atom. The lowest BCUT2D eigenvalue weighted by Crippen LogP contribution is -2.61. The van der Waals surface area contributed by atoms with E-state index in [1.807, 2.05) is 0 Å². The molecule has 80 heavy (non-hydrogen) atoms. The number of esters is 3. The molecule has 31 nitrogen and oxygen atoms in total. The van der Waals surface area contributed by atoms with Gasteiger partial charge in [-0.3, -0.25) is 67.1 Å². The number of carboxylic acid groups (broad SMARTS) is 1. The van der Waals surface area contributed by atoms with Gasteiger partial charge in [-0.25, -0.2) is 9.97 Å². The number of ether oxygens (including phenoxy) is 3. The molecule has 3 unspecified atom stereocenters. The molecule has 0 radical (unpaired) electrons. The summed E-state index contributed by atoms with van der Waals surface area (Å²) in [6.45, 7) is 1.88. The summed E-state index contributed by atoms with van der Waals surface area (Å²) in [5.41, 5.74) is 17.3. The Morgan fingerprint density at radius 1 is 0.537 bits per heavy atom. The predicted molar refractivity (Wildman–Crippen MR) is 275 cm³/mol. The first-order valence-corrected chi connectivity index (χ1v) is 24.6. The van der Waals surface area contributed by atoms with E-state index < -0.39 is 109 Å². The van der Waals surface area contributed by atoms with Gasteiger partial charge in [0.15, 0.2) is 0 Å². The molecule has 5 heterocycles. The van der Waals surface area contributed by atoms with Gasteiger partial charge in [-0.05, 0) is 38.1 Å². The van der Waals surface area contributed by atoms with Crippen LogP contribution < -0.4 is 27.8 Å². The zero-order valence-electron chi connectivity index (χ0n) is 44.9. The highest BCUT2D eigenvalue weighted by Gasteiger charge is 2.42. The maximum absolute atomic E-state index is 12.7. The molecule has 3 aliphatic heterocycles. The lowest BCUT2D eigenvalue weighted by atomic mass is 10.1. The Bertz CT molecular complexity index is 2520. The van der Waals surface area contributed by atoms with Gasteiger partial charge in [-0.2, -0.15) is 0 Å². The summed E-state index contributed by atoms with van der Waals surface area (Å²) in [6.07, 6.45) is -1.14. The summed E-state index contributed by atoms with van der Waals surface area (Å²) in [4.78, 5) is 182. The lowest BCUT2D eigenvalue weighted by molar-refractivity contribution is -0.158. The van der Waals surface area contributed by atoms with Gasteiger partial charge in [-0.1, -0.05) is 12.1 Å². The zero-order chi connectivity index (χ0) is 59.8. The summed E-state index contributed by atoms with van der Waals surface area (Å²) < 4.78 is 13.7. The van der Waals surface area contributed by atoms with E-state index in [1.54, 1.807) is 36.4 Å². The van der Waals surface area contributed by atoms with E-state index in [0.717, 1.165) is 16.9 Å². The third-order valence-electron chi connectivity index (χ3n) is 12.0. The Kier molecular flexibility index (Phi) is 26.0. The summed E-state index contributed by atoms with van der Waals surface area (Å²) >= 11 is 0. The molecule has 3 aliphatic rings. The van der Waals surface area contributed by atoms with Crippen LogP contribution in [0.4, 0.5) is 11.6 Å². The van der Waals surface area contributed by atoms with Crippen molar-refractivity contribution in [1.29, 1.82) is 0 Å². The Hall–Kier alpha value is -9.16. The quantitative estimate of drug-likeness (QED) is 0.0502. The van der Waals surface area contributed by atoms with Crippen LogP contribution in [0.25, 0.3) is 0 Å². The number of Topliss-reactive ketones (excluding diaryl/α,β-unsaturated/α-hetero) is 2. The summed E-state index contributed by atoms with van der Waals surface area (Å²) in [5.74, 6) is -7.03. The van der Waals surface area contributed by atoms with E-state index in [1.165, 1.54) is 47.7 Å². The van der Waals surface area contributed by atoms with E-state index in [9.17, 15) is 67.1 Å². The number of aromatic nitrogens is 2. The molecule has 2 aromatic rings. The monoisotopic (exact) mass is 1130 g/mol. The number of carbonyl (C=O) groups is 14. The van der Waals surface area contributed by atoms with Crippen LogP contribution in [-0.4, -0.2) is 245 Å². The van der Waals surface area contributed by atoms with E-state index in [2.05, 4.69) is 34.8 Å². The Labute approximate surface area is 458 Å². The second-order valence-corrected chi connectivity index (χ2v) is 17.9. The molecule has 3 saturated heterocycles. The number of nitrogens with one attached hydrogen (secondary N) is 2. The van der Waals surface area contributed by atoms with Crippen LogP contribution in [0.15, 0.2) is 36.4 Å². The number of nitrogen functional groups attached to an aromatic ring is 2. The molecule has 0 bridgehead atoms. The minimum absolute atomic E-state index is 0.00426. The summed E-state index contributed by atoms with van der Waals surface area (Å²) in [5, 5.41) is 13.9. The van der Waals surface area contributed by atoms with Crippen molar-refractivity contribution in [2.24, 2.45) is 5.73 Å². The number of anilines is 2. The molecule has 436 valence electrons. The smallest absolute Gasteiger partial charge is 0.323 e. The molecule has 5 rings (SSSR count). The molecule has 0 aliphatic carbocycles. The number of hydrogen-bond donors (Lipinski definition) is 6. The SMILES string of the molecule is COC(=O)CC1C(=O)N(CC(=O)O)CCN1C(=O)CNC(=O)Cc1cccc(N)n1.COC(=O)CC1C(=O)N(CC(C)=O)CCN1C(=O)CN.COC(=O)CC1C(=O)N(CC(C)=O)CCN1C(=O)CNC(=O)Cc1cccc(N)n1. The number of carboxylic acids is 1. The van der Waals surface area contributed by atoms with Crippen molar-refractivity contribution in [3.05, 3.63) is 47.8 Å². The summed E-state index contributed by atoms with van der Waals surface area (Å²) in [7, 11) is 3.53. The second kappa shape index (κ2) is 31.9. The molecule has 0 aromatic carbocycles. The molecule has 8 amide bonds. The molecule has 3 fully saturated rings. The average molecular weight is 1130 g/mol. The highest BCUT2D eigenvalue weighted by atomic mass is 16.5. The standard InChI is InChI=1S/C19H25N5O6.C18H23N5O7.C12H19N3O5/c1-12(25)11-23-6-7-24(14(19(23)29)9-18(28)30-2)17(27)10-21-16(26)8-13-4-3-5-15(20)22-13;1-30-17(28)8-12-18(29)22(10-16(26)27)5-6-23(12)15(25)9-20-14(24)7-11-3-2-4-13(19)21-11;1-8(16)7-14-3-4-15(10(17)6-13)9(12(14)19)5-11(18)20-2/h3-5,14H,6-11H2,1-2H3,(H2,20,22)(H,21,26);2-4,12H,5-10H2,1H3,(H2,19,21)(H,20,24)(H,26,27);9H,3-7,13H2,1-2H3. The van der Waals surface area contributed by atoms with Gasteiger partial charge < -0.3 is 76.6 Å². The maximum Gasteiger partial charge on any atom is 0.323 e. The highest BCUT2D eigenvalue weighted by molar-refractivity contribution is 5.97. The van der Waals surface area contributed by atoms with Gasteiger partial charge in [-0.15, -0.1) is 0 Å². The number of nitrogens with two attached hydrogens (primary N) is 3. The predicted octanol–water partition coefficient (Wildman–Crippen LogP) is -5.34. The average Bonchev–Trinajstić information content (AvgIpc) is 3.40. The normalized spacial score (nSPS) is 16.9. The lowest BCUT2D eigenvalue weighted by Gasteiger charge is -2.40. The summed E-state index contributed by atoms with van der Waals surface area (Å²) in [6, 6.07) is 6.49. The number of aliphatic carboxylic acids is 1. The number of hydrogen-bond acceptors (Lipinski definition) is 22. The number of ketones is 2. The third kappa shape index (κ3) is 20.7. The molecule has 0 saturated carbocycles. The number of rotatable bonds is 21. The first kappa shape index (κ1) is 65.1. The second-order valence-electron chi connectivity index (χ2n) is 17.9. The van der Waals surface area contributed by atoms with Crippen molar-refractivity contribution >= 4 is 94.3 Å². The highest BCUT2D eigenvalue weighted by Crippen LogP contribution is 2.19.